The number of aryl methyl sites for hydroxylation is 1. The summed E-state index contributed by atoms with van der Waals surface area (Å²) < 4.78 is 0. The fourth-order valence-electron chi connectivity index (χ4n) is 2.47. The van der Waals surface area contributed by atoms with E-state index in [9.17, 15) is 4.79 Å². The van der Waals surface area contributed by atoms with Gasteiger partial charge < -0.3 is 11.1 Å². The van der Waals surface area contributed by atoms with Gasteiger partial charge in [0.2, 0.25) is 5.91 Å². The van der Waals surface area contributed by atoms with Crippen molar-refractivity contribution in [1.82, 2.24) is 10.3 Å². The van der Waals surface area contributed by atoms with Crippen molar-refractivity contribution < 1.29 is 4.79 Å². The number of aromatic nitrogens is 1. The Bertz CT molecular complexity index is 397. The fraction of sp³-hybridized carbons (Fsp3) is 0.692. The lowest BCUT2D eigenvalue weighted by molar-refractivity contribution is -0.126. The van der Waals surface area contributed by atoms with Crippen LogP contribution in [0.25, 0.3) is 0 Å². The van der Waals surface area contributed by atoms with E-state index in [4.69, 9.17) is 5.73 Å². The normalized spacial score (nSPS) is 23.9. The third-order valence-corrected chi connectivity index (χ3v) is 4.75. The van der Waals surface area contributed by atoms with E-state index >= 15 is 0 Å². The first-order valence-corrected chi connectivity index (χ1v) is 7.45. The highest BCUT2D eigenvalue weighted by Crippen LogP contribution is 2.28. The van der Waals surface area contributed by atoms with E-state index < -0.39 is 0 Å². The summed E-state index contributed by atoms with van der Waals surface area (Å²) in [5, 5.41) is 3.03. The fourth-order valence-corrected chi connectivity index (χ4v) is 3.18. The van der Waals surface area contributed by atoms with Gasteiger partial charge in [0.15, 0.2) is 0 Å². The molecule has 1 fully saturated rings. The number of carbonyl (C=O) groups is 1. The molecule has 1 aromatic heterocycles. The average Bonchev–Trinajstić information content (AvgIpc) is 2.81. The van der Waals surface area contributed by atoms with Crippen LogP contribution in [0.15, 0.2) is 5.51 Å². The molecule has 18 heavy (non-hydrogen) atoms. The van der Waals surface area contributed by atoms with Crippen LogP contribution in [0.4, 0.5) is 0 Å². The number of nitrogens with two attached hydrogens (primary N) is 1. The highest BCUT2D eigenvalue weighted by molar-refractivity contribution is 7.09. The smallest absolute Gasteiger partial charge is 0.223 e. The Labute approximate surface area is 112 Å². The molecule has 1 aromatic rings. The molecule has 2 rings (SSSR count). The molecule has 0 saturated heterocycles. The van der Waals surface area contributed by atoms with Crippen LogP contribution < -0.4 is 11.1 Å². The first-order valence-electron chi connectivity index (χ1n) is 6.57. The predicted molar refractivity (Wildman–Crippen MR) is 73.2 cm³/mol. The number of rotatable bonds is 4. The van der Waals surface area contributed by atoms with Gasteiger partial charge in [-0.3, -0.25) is 4.79 Å². The van der Waals surface area contributed by atoms with Crippen LogP contribution in [0.3, 0.4) is 0 Å². The number of hydrogen-bond acceptors (Lipinski definition) is 4. The molecule has 100 valence electrons. The predicted octanol–water partition coefficient (Wildman–Crippen LogP) is 1.83. The Hall–Kier alpha value is -0.940. The minimum absolute atomic E-state index is 0.182. The summed E-state index contributed by atoms with van der Waals surface area (Å²) in [5.41, 5.74) is 8.50. The van der Waals surface area contributed by atoms with Crippen molar-refractivity contribution in [2.24, 2.45) is 17.6 Å². The molecule has 3 N–H and O–H groups in total. The molecule has 5 heteroatoms. The molecule has 0 atom stereocenters. The van der Waals surface area contributed by atoms with Crippen molar-refractivity contribution in [1.29, 1.82) is 0 Å². The summed E-state index contributed by atoms with van der Waals surface area (Å²) in [6, 6.07) is 0. The quantitative estimate of drug-likeness (QED) is 0.874. The number of carbonyl (C=O) groups excluding carboxylic acids is 1. The van der Waals surface area contributed by atoms with Crippen LogP contribution >= 0.6 is 11.3 Å². The third-order valence-electron chi connectivity index (χ3n) is 3.82. The molecule has 0 bridgehead atoms. The van der Waals surface area contributed by atoms with Gasteiger partial charge in [0.05, 0.1) is 17.7 Å². The van der Waals surface area contributed by atoms with Crippen molar-refractivity contribution in [3.05, 3.63) is 16.1 Å². The van der Waals surface area contributed by atoms with E-state index in [0.717, 1.165) is 42.8 Å². The molecule has 0 unspecified atom stereocenters. The van der Waals surface area contributed by atoms with Gasteiger partial charge in [0.25, 0.3) is 0 Å². The van der Waals surface area contributed by atoms with Crippen LogP contribution in [0.2, 0.25) is 0 Å². The minimum atomic E-state index is 0.182. The van der Waals surface area contributed by atoms with Gasteiger partial charge in [-0.2, -0.15) is 0 Å². The first kappa shape index (κ1) is 13.5. The number of thiazole rings is 1. The van der Waals surface area contributed by atoms with Crippen molar-refractivity contribution in [2.75, 3.05) is 6.54 Å². The second-order valence-electron chi connectivity index (χ2n) is 5.03. The van der Waals surface area contributed by atoms with Crippen LogP contribution in [-0.4, -0.2) is 17.4 Å². The maximum absolute atomic E-state index is 12.0. The highest BCUT2D eigenvalue weighted by atomic mass is 32.1. The van der Waals surface area contributed by atoms with E-state index in [0.29, 0.717) is 12.5 Å². The van der Waals surface area contributed by atoms with Gasteiger partial charge in [-0.1, -0.05) is 0 Å². The van der Waals surface area contributed by atoms with Crippen molar-refractivity contribution in [3.8, 4) is 0 Å². The van der Waals surface area contributed by atoms with Gasteiger partial charge in [0.1, 0.15) is 0 Å². The SMILES string of the molecule is Cc1ncsc1CNC(=O)C1CCC(CN)CC1. The zero-order valence-corrected chi connectivity index (χ0v) is 11.6. The summed E-state index contributed by atoms with van der Waals surface area (Å²) in [5.74, 6) is 0.997. The zero-order valence-electron chi connectivity index (χ0n) is 10.8. The lowest BCUT2D eigenvalue weighted by Crippen LogP contribution is -2.33. The van der Waals surface area contributed by atoms with Gasteiger partial charge in [0, 0.05) is 10.8 Å². The molecule has 1 saturated carbocycles. The Morgan fingerprint density at radius 2 is 2.22 bits per heavy atom. The maximum atomic E-state index is 12.0. The van der Waals surface area contributed by atoms with Crippen LogP contribution in [0.5, 0.6) is 0 Å². The Balaban J connectivity index is 1.77. The van der Waals surface area contributed by atoms with E-state index in [-0.39, 0.29) is 11.8 Å². The molecule has 0 spiro atoms. The Kier molecular flexibility index (Phi) is 4.72. The molecule has 1 heterocycles. The molecule has 0 aliphatic heterocycles. The van der Waals surface area contributed by atoms with Gasteiger partial charge in [-0.25, -0.2) is 4.98 Å². The number of hydrogen-bond donors (Lipinski definition) is 2. The lowest BCUT2D eigenvalue weighted by atomic mass is 9.81. The lowest BCUT2D eigenvalue weighted by Gasteiger charge is -2.26. The summed E-state index contributed by atoms with van der Waals surface area (Å²) >= 11 is 1.60. The van der Waals surface area contributed by atoms with Gasteiger partial charge >= 0.3 is 0 Å². The molecule has 1 aliphatic carbocycles. The maximum Gasteiger partial charge on any atom is 0.223 e. The standard InChI is InChI=1S/C13H21N3OS/c1-9-12(18-8-16-9)7-15-13(17)11-4-2-10(6-14)3-5-11/h8,10-11H,2-7,14H2,1H3,(H,15,17). The van der Waals surface area contributed by atoms with Crippen molar-refractivity contribution in [2.45, 2.75) is 39.2 Å². The van der Waals surface area contributed by atoms with Gasteiger partial charge in [-0.05, 0) is 45.1 Å². The summed E-state index contributed by atoms with van der Waals surface area (Å²) in [6.07, 6.45) is 4.15. The van der Waals surface area contributed by atoms with E-state index in [2.05, 4.69) is 10.3 Å². The van der Waals surface area contributed by atoms with Crippen LogP contribution in [0, 0.1) is 18.8 Å². The molecular formula is C13H21N3OS. The largest absolute Gasteiger partial charge is 0.351 e. The molecule has 0 radical (unpaired) electrons. The Morgan fingerprint density at radius 1 is 1.50 bits per heavy atom. The second-order valence-corrected chi connectivity index (χ2v) is 5.97. The topological polar surface area (TPSA) is 68.0 Å². The van der Waals surface area contributed by atoms with Crippen molar-refractivity contribution in [3.63, 3.8) is 0 Å². The third kappa shape index (κ3) is 3.29. The van der Waals surface area contributed by atoms with E-state index in [1.165, 1.54) is 0 Å². The Morgan fingerprint density at radius 3 is 2.78 bits per heavy atom. The first-order chi connectivity index (χ1) is 8.70. The average molecular weight is 267 g/mol. The molecule has 1 amide bonds. The molecule has 4 nitrogen and oxygen atoms in total. The molecular weight excluding hydrogens is 246 g/mol. The highest BCUT2D eigenvalue weighted by Gasteiger charge is 2.25. The summed E-state index contributed by atoms with van der Waals surface area (Å²) in [6.45, 7) is 3.35. The van der Waals surface area contributed by atoms with Crippen molar-refractivity contribution >= 4 is 17.2 Å². The molecule has 1 aliphatic rings. The number of amides is 1. The van der Waals surface area contributed by atoms with E-state index in [1.807, 2.05) is 12.4 Å². The van der Waals surface area contributed by atoms with Crippen LogP contribution in [-0.2, 0) is 11.3 Å². The second kappa shape index (κ2) is 6.29. The van der Waals surface area contributed by atoms with E-state index in [1.54, 1.807) is 11.3 Å². The number of nitrogens with zero attached hydrogens (tertiary/aromatic N) is 1. The zero-order chi connectivity index (χ0) is 13.0. The van der Waals surface area contributed by atoms with Gasteiger partial charge in [-0.15, -0.1) is 11.3 Å². The number of nitrogens with one attached hydrogen (secondary N) is 1. The molecule has 0 aromatic carbocycles. The monoisotopic (exact) mass is 267 g/mol. The summed E-state index contributed by atoms with van der Waals surface area (Å²) in [7, 11) is 0. The summed E-state index contributed by atoms with van der Waals surface area (Å²) in [4.78, 5) is 17.4. The minimum Gasteiger partial charge on any atom is -0.351 e. The van der Waals surface area contributed by atoms with Crippen LogP contribution in [0.1, 0.15) is 36.3 Å².